The number of aromatic nitrogens is 3. The summed E-state index contributed by atoms with van der Waals surface area (Å²) in [7, 11) is 3.01. The molecule has 0 aromatic carbocycles. The van der Waals surface area contributed by atoms with Gasteiger partial charge in [0.1, 0.15) is 0 Å². The maximum Gasteiger partial charge on any atom is 0.324 e. The quantitative estimate of drug-likeness (QED) is 0.857. The molecule has 0 saturated carbocycles. The normalized spacial score (nSPS) is 19.9. The Morgan fingerprint density at radius 1 is 1.11 bits per heavy atom. The minimum Gasteiger partial charge on any atom is -0.467 e. The molecule has 1 aliphatic rings. The van der Waals surface area contributed by atoms with Crippen molar-refractivity contribution in [1.82, 2.24) is 15.0 Å². The van der Waals surface area contributed by atoms with Gasteiger partial charge >= 0.3 is 12.0 Å². The van der Waals surface area contributed by atoms with Gasteiger partial charge in [0.05, 0.1) is 26.9 Å². The van der Waals surface area contributed by atoms with Crippen molar-refractivity contribution >= 4 is 5.95 Å². The van der Waals surface area contributed by atoms with Crippen LogP contribution in [-0.2, 0) is 0 Å². The lowest BCUT2D eigenvalue weighted by Crippen LogP contribution is -2.38. The number of rotatable bonds is 4. The molecule has 0 aliphatic carbocycles. The maximum atomic E-state index is 9.53. The van der Waals surface area contributed by atoms with E-state index in [0.29, 0.717) is 5.95 Å². The van der Waals surface area contributed by atoms with Crippen molar-refractivity contribution in [3.63, 3.8) is 0 Å². The van der Waals surface area contributed by atoms with Crippen molar-refractivity contribution in [2.45, 2.75) is 31.7 Å². The minimum absolute atomic E-state index is 0.0410. The Morgan fingerprint density at radius 2 is 1.79 bits per heavy atom. The number of hydrogen-bond acceptors (Lipinski definition) is 7. The fourth-order valence-corrected chi connectivity index (χ4v) is 2.27. The third-order valence-corrected chi connectivity index (χ3v) is 3.29. The van der Waals surface area contributed by atoms with Gasteiger partial charge in [-0.1, -0.05) is 12.8 Å². The Morgan fingerprint density at radius 3 is 2.37 bits per heavy atom. The second-order valence-electron chi connectivity index (χ2n) is 4.49. The molecule has 7 heteroatoms. The van der Waals surface area contributed by atoms with E-state index in [2.05, 4.69) is 15.0 Å². The monoisotopic (exact) mass is 268 g/mol. The van der Waals surface area contributed by atoms with E-state index in [1.807, 2.05) is 4.90 Å². The molecule has 0 radical (unpaired) electrons. The topological polar surface area (TPSA) is 80.6 Å². The van der Waals surface area contributed by atoms with Crippen molar-refractivity contribution in [3.05, 3.63) is 0 Å². The van der Waals surface area contributed by atoms with Gasteiger partial charge in [0, 0.05) is 6.54 Å². The summed E-state index contributed by atoms with van der Waals surface area (Å²) in [6, 6.07) is 0.491. The molecule has 1 aromatic rings. The van der Waals surface area contributed by atoms with Crippen molar-refractivity contribution in [2.24, 2.45) is 0 Å². The summed E-state index contributed by atoms with van der Waals surface area (Å²) in [5, 5.41) is 9.53. The lowest BCUT2D eigenvalue weighted by atomic mass is 10.1. The van der Waals surface area contributed by atoms with Crippen LogP contribution >= 0.6 is 0 Å². The Bertz CT molecular complexity index is 394. The molecule has 1 aliphatic heterocycles. The predicted molar refractivity (Wildman–Crippen MR) is 69.6 cm³/mol. The highest BCUT2D eigenvalue weighted by atomic mass is 16.5. The molecule has 1 atom stereocenters. The van der Waals surface area contributed by atoms with Gasteiger partial charge in [-0.2, -0.15) is 9.97 Å². The molecule has 0 amide bonds. The van der Waals surface area contributed by atoms with Gasteiger partial charge in [-0.3, -0.25) is 0 Å². The van der Waals surface area contributed by atoms with E-state index in [-0.39, 0.29) is 24.7 Å². The molecule has 19 heavy (non-hydrogen) atoms. The Balaban J connectivity index is 2.31. The first kappa shape index (κ1) is 13.8. The zero-order valence-electron chi connectivity index (χ0n) is 11.4. The summed E-state index contributed by atoms with van der Waals surface area (Å²) in [5.41, 5.74) is 0. The zero-order valence-corrected chi connectivity index (χ0v) is 11.4. The van der Waals surface area contributed by atoms with E-state index in [0.717, 1.165) is 32.2 Å². The SMILES string of the molecule is COc1nc(OC)nc(N2CCCCCC2CO)n1. The molecule has 2 rings (SSSR count). The van der Waals surface area contributed by atoms with Gasteiger partial charge in [0.25, 0.3) is 0 Å². The first-order valence-electron chi connectivity index (χ1n) is 6.50. The fourth-order valence-electron chi connectivity index (χ4n) is 2.27. The van der Waals surface area contributed by atoms with E-state index in [1.54, 1.807) is 0 Å². The summed E-state index contributed by atoms with van der Waals surface area (Å²) in [6.45, 7) is 0.915. The highest BCUT2D eigenvalue weighted by Gasteiger charge is 2.24. The number of nitrogens with zero attached hydrogens (tertiary/aromatic N) is 4. The van der Waals surface area contributed by atoms with Crippen molar-refractivity contribution in [3.8, 4) is 12.0 Å². The molecule has 0 spiro atoms. The number of methoxy groups -OCH3 is 2. The van der Waals surface area contributed by atoms with Crippen molar-refractivity contribution in [1.29, 1.82) is 0 Å². The van der Waals surface area contributed by atoms with Crippen LogP contribution in [0.15, 0.2) is 0 Å². The van der Waals surface area contributed by atoms with Gasteiger partial charge in [-0.05, 0) is 12.8 Å². The summed E-state index contributed by atoms with van der Waals surface area (Å²) < 4.78 is 10.1. The van der Waals surface area contributed by atoms with Crippen LogP contribution in [0.3, 0.4) is 0 Å². The van der Waals surface area contributed by atoms with Crippen LogP contribution in [0.25, 0.3) is 0 Å². The second-order valence-corrected chi connectivity index (χ2v) is 4.49. The Kier molecular flexibility index (Phi) is 4.73. The maximum absolute atomic E-state index is 9.53. The molecule has 2 heterocycles. The Hall–Kier alpha value is -1.63. The van der Waals surface area contributed by atoms with Gasteiger partial charge in [0.2, 0.25) is 5.95 Å². The number of aliphatic hydroxyl groups excluding tert-OH is 1. The van der Waals surface area contributed by atoms with Crippen LogP contribution in [0, 0.1) is 0 Å². The van der Waals surface area contributed by atoms with E-state index >= 15 is 0 Å². The Labute approximate surface area is 112 Å². The van der Waals surface area contributed by atoms with Crippen molar-refractivity contribution in [2.75, 3.05) is 32.3 Å². The first-order chi connectivity index (χ1) is 9.28. The average Bonchev–Trinajstić information content (AvgIpc) is 2.71. The van der Waals surface area contributed by atoms with Gasteiger partial charge in [0.15, 0.2) is 0 Å². The van der Waals surface area contributed by atoms with Crippen LogP contribution in [0.4, 0.5) is 5.95 Å². The number of hydrogen-bond donors (Lipinski definition) is 1. The van der Waals surface area contributed by atoms with Gasteiger partial charge < -0.3 is 19.5 Å². The van der Waals surface area contributed by atoms with E-state index in [4.69, 9.17) is 9.47 Å². The summed E-state index contributed by atoms with van der Waals surface area (Å²) in [4.78, 5) is 14.5. The minimum atomic E-state index is 0.0410. The lowest BCUT2D eigenvalue weighted by Gasteiger charge is -2.28. The highest BCUT2D eigenvalue weighted by Crippen LogP contribution is 2.23. The largest absolute Gasteiger partial charge is 0.467 e. The third-order valence-electron chi connectivity index (χ3n) is 3.29. The zero-order chi connectivity index (χ0) is 13.7. The summed E-state index contributed by atoms with van der Waals surface area (Å²) in [5.74, 6) is 0.504. The number of anilines is 1. The van der Waals surface area contributed by atoms with E-state index in [9.17, 15) is 5.11 Å². The van der Waals surface area contributed by atoms with Crippen molar-refractivity contribution < 1.29 is 14.6 Å². The van der Waals surface area contributed by atoms with Crippen LogP contribution < -0.4 is 14.4 Å². The average molecular weight is 268 g/mol. The van der Waals surface area contributed by atoms with E-state index in [1.165, 1.54) is 14.2 Å². The van der Waals surface area contributed by atoms with Crippen LogP contribution in [0.2, 0.25) is 0 Å². The molecular weight excluding hydrogens is 248 g/mol. The molecule has 1 saturated heterocycles. The van der Waals surface area contributed by atoms with Crippen LogP contribution in [-0.4, -0.2) is 53.5 Å². The molecule has 1 fully saturated rings. The first-order valence-corrected chi connectivity index (χ1v) is 6.50. The smallest absolute Gasteiger partial charge is 0.324 e. The summed E-state index contributed by atoms with van der Waals surface area (Å²) in [6.07, 6.45) is 4.27. The van der Waals surface area contributed by atoms with Crippen LogP contribution in [0.5, 0.6) is 12.0 Å². The third kappa shape index (κ3) is 3.23. The van der Waals surface area contributed by atoms with E-state index < -0.39 is 0 Å². The van der Waals surface area contributed by atoms with Gasteiger partial charge in [-0.15, -0.1) is 4.98 Å². The molecule has 1 aromatic heterocycles. The molecule has 1 N–H and O–H groups in total. The molecule has 0 bridgehead atoms. The molecular formula is C12H20N4O3. The number of ether oxygens (including phenoxy) is 2. The molecule has 7 nitrogen and oxygen atoms in total. The molecule has 106 valence electrons. The van der Waals surface area contributed by atoms with Crippen LogP contribution in [0.1, 0.15) is 25.7 Å². The lowest BCUT2D eigenvalue weighted by molar-refractivity contribution is 0.253. The second kappa shape index (κ2) is 6.51. The standard InChI is InChI=1S/C12H20N4O3/c1-18-11-13-10(14-12(15-11)19-2)16-7-5-3-4-6-9(16)8-17/h9,17H,3-8H2,1-2H3. The van der Waals surface area contributed by atoms with Gasteiger partial charge in [-0.25, -0.2) is 0 Å². The molecule has 1 unspecified atom stereocenters. The summed E-state index contributed by atoms with van der Waals surface area (Å²) >= 11 is 0. The predicted octanol–water partition coefficient (Wildman–Crippen LogP) is 0.630. The fraction of sp³-hybridized carbons (Fsp3) is 0.750. The highest BCUT2D eigenvalue weighted by molar-refractivity contribution is 5.34. The number of aliphatic hydroxyl groups is 1.